The molecule has 2 heterocycles. The van der Waals surface area contributed by atoms with Gasteiger partial charge in [-0.3, -0.25) is 9.59 Å². The van der Waals surface area contributed by atoms with Gasteiger partial charge in [0.05, 0.1) is 9.64 Å². The molecule has 0 radical (unpaired) electrons. The van der Waals surface area contributed by atoms with Gasteiger partial charge < -0.3 is 4.98 Å². The van der Waals surface area contributed by atoms with Crippen LogP contribution in [0.4, 0.5) is 0 Å². The van der Waals surface area contributed by atoms with Crippen LogP contribution in [0, 0.1) is 0 Å². The van der Waals surface area contributed by atoms with Crippen molar-refractivity contribution in [1.82, 2.24) is 4.98 Å². The number of benzene rings is 1. The zero-order valence-electron chi connectivity index (χ0n) is 10.7. The maximum Gasteiger partial charge on any atom is 0.293 e. The van der Waals surface area contributed by atoms with Gasteiger partial charge in [0, 0.05) is 28.6 Å². The monoisotopic (exact) mass is 325 g/mol. The molecule has 104 valence electrons. The zero-order chi connectivity index (χ0) is 14.3. The summed E-state index contributed by atoms with van der Waals surface area (Å²) in [5, 5.41) is -0.215. The molecule has 0 aliphatic carbocycles. The van der Waals surface area contributed by atoms with Gasteiger partial charge in [0.1, 0.15) is 0 Å². The van der Waals surface area contributed by atoms with Gasteiger partial charge in [-0.1, -0.05) is 12.1 Å². The van der Waals surface area contributed by atoms with Crippen LogP contribution in [0.5, 0.6) is 0 Å². The first kappa shape index (κ1) is 14.0. The third-order valence-corrected chi connectivity index (χ3v) is 6.99. The number of Topliss-reactive ketones (excluding diaryl/α,β-unsaturated/α-hetero) is 1. The second-order valence-electron chi connectivity index (χ2n) is 4.71. The van der Waals surface area contributed by atoms with Crippen LogP contribution in [0.3, 0.4) is 0 Å². The van der Waals surface area contributed by atoms with E-state index >= 15 is 0 Å². The highest BCUT2D eigenvalue weighted by Crippen LogP contribution is 2.51. The van der Waals surface area contributed by atoms with E-state index in [9.17, 15) is 9.59 Å². The van der Waals surface area contributed by atoms with E-state index in [4.69, 9.17) is 11.6 Å². The van der Waals surface area contributed by atoms with Crippen molar-refractivity contribution in [3.8, 4) is 0 Å². The average molecular weight is 326 g/mol. The number of ketones is 1. The molecule has 1 aromatic heterocycles. The first-order valence-corrected chi connectivity index (χ1v) is 8.50. The molecule has 0 spiro atoms. The number of thioether (sulfide) groups is 2. The Labute approximate surface area is 129 Å². The Hall–Kier alpha value is -0.910. The summed E-state index contributed by atoms with van der Waals surface area (Å²) in [6, 6.07) is 5.96. The Balaban J connectivity index is 2.06. The zero-order valence-corrected chi connectivity index (χ0v) is 13.1. The maximum atomic E-state index is 11.7. The fourth-order valence-electron chi connectivity index (χ4n) is 2.38. The van der Waals surface area contributed by atoms with Crippen LogP contribution in [0.2, 0.25) is 0 Å². The minimum atomic E-state index is -0.955. The summed E-state index contributed by atoms with van der Waals surface area (Å²) in [5.41, 5.74) is 2.41. The van der Waals surface area contributed by atoms with Crippen LogP contribution >= 0.6 is 35.1 Å². The topological polar surface area (TPSA) is 49.9 Å². The van der Waals surface area contributed by atoms with E-state index < -0.39 is 11.0 Å². The molecule has 20 heavy (non-hydrogen) atoms. The molecule has 0 bridgehead atoms. The van der Waals surface area contributed by atoms with E-state index in [1.807, 2.05) is 35.7 Å². The molecular formula is C14H12ClNO2S2. The molecule has 1 saturated heterocycles. The van der Waals surface area contributed by atoms with E-state index in [0.717, 1.165) is 22.4 Å². The Morgan fingerprint density at radius 3 is 2.65 bits per heavy atom. The number of carbonyl (C=O) groups excluding carboxylic acids is 2. The van der Waals surface area contributed by atoms with Crippen molar-refractivity contribution in [3.63, 3.8) is 0 Å². The largest absolute Gasteiger partial charge is 0.360 e. The number of fused-ring (bicyclic) bond motifs is 1. The SMILES string of the molecule is CC1(c2ccc3c(C(=O)C(=O)Cl)c[nH]c3c2)SCCS1. The third kappa shape index (κ3) is 2.28. The Morgan fingerprint density at radius 2 is 2.00 bits per heavy atom. The molecule has 0 amide bonds. The van der Waals surface area contributed by atoms with Gasteiger partial charge in [-0.15, -0.1) is 23.5 Å². The third-order valence-electron chi connectivity index (χ3n) is 3.47. The summed E-state index contributed by atoms with van der Waals surface area (Å²) in [6.45, 7) is 2.22. The lowest BCUT2D eigenvalue weighted by molar-refractivity contribution is -0.108. The van der Waals surface area contributed by atoms with Gasteiger partial charge in [0.2, 0.25) is 5.78 Å². The molecule has 0 saturated carbocycles. The number of hydrogen-bond donors (Lipinski definition) is 1. The van der Waals surface area contributed by atoms with Crippen LogP contribution < -0.4 is 0 Å². The van der Waals surface area contributed by atoms with Gasteiger partial charge in [-0.2, -0.15) is 0 Å². The minimum absolute atomic E-state index is 0.0613. The van der Waals surface area contributed by atoms with Gasteiger partial charge in [0.25, 0.3) is 5.24 Å². The standard InChI is InChI=1S/C14H12ClNO2S2/c1-14(19-4-5-20-14)8-2-3-9-10(12(17)13(15)18)7-16-11(9)6-8/h2-3,6-7,16H,4-5H2,1H3. The molecule has 1 N–H and O–H groups in total. The number of carbonyl (C=O) groups is 2. The lowest BCUT2D eigenvalue weighted by atomic mass is 10.1. The molecule has 6 heteroatoms. The highest BCUT2D eigenvalue weighted by molar-refractivity contribution is 8.20. The molecule has 1 aliphatic heterocycles. The molecule has 0 unspecified atom stereocenters. The van der Waals surface area contributed by atoms with Crippen LogP contribution in [0.25, 0.3) is 10.9 Å². The van der Waals surface area contributed by atoms with Crippen molar-refractivity contribution in [2.45, 2.75) is 11.0 Å². The number of halogens is 1. The van der Waals surface area contributed by atoms with Crippen LogP contribution in [0.1, 0.15) is 22.8 Å². The average Bonchev–Trinajstić information content (AvgIpc) is 3.04. The number of nitrogens with one attached hydrogen (secondary N) is 1. The summed E-state index contributed by atoms with van der Waals surface area (Å²) in [4.78, 5) is 25.8. The molecular weight excluding hydrogens is 314 g/mol. The quantitative estimate of drug-likeness (QED) is 0.530. The van der Waals surface area contributed by atoms with E-state index in [-0.39, 0.29) is 4.08 Å². The highest BCUT2D eigenvalue weighted by atomic mass is 35.5. The van der Waals surface area contributed by atoms with Crippen molar-refractivity contribution in [2.24, 2.45) is 0 Å². The predicted molar refractivity (Wildman–Crippen MR) is 85.8 cm³/mol. The number of hydrogen-bond acceptors (Lipinski definition) is 4. The Morgan fingerprint density at radius 1 is 1.30 bits per heavy atom. The van der Waals surface area contributed by atoms with Gasteiger partial charge in [-0.05, 0) is 30.2 Å². The molecule has 3 rings (SSSR count). The predicted octanol–water partition coefficient (Wildman–Crippen LogP) is 3.77. The summed E-state index contributed by atoms with van der Waals surface area (Å²) < 4.78 is 0.0613. The number of aromatic nitrogens is 1. The van der Waals surface area contributed by atoms with Crippen molar-refractivity contribution < 1.29 is 9.59 Å². The van der Waals surface area contributed by atoms with Gasteiger partial charge >= 0.3 is 0 Å². The molecule has 2 aromatic rings. The van der Waals surface area contributed by atoms with Gasteiger partial charge in [0.15, 0.2) is 0 Å². The van der Waals surface area contributed by atoms with Crippen molar-refractivity contribution >= 4 is 57.1 Å². The fraction of sp³-hybridized carbons (Fsp3) is 0.286. The molecule has 3 nitrogen and oxygen atoms in total. The van der Waals surface area contributed by atoms with Crippen LogP contribution in [-0.4, -0.2) is 27.5 Å². The van der Waals surface area contributed by atoms with Crippen LogP contribution in [0.15, 0.2) is 24.4 Å². The number of H-pyrrole nitrogens is 1. The Bertz CT molecular complexity index is 704. The van der Waals surface area contributed by atoms with E-state index in [0.29, 0.717) is 5.56 Å². The second-order valence-corrected chi connectivity index (χ2v) is 8.34. The number of aromatic amines is 1. The first-order chi connectivity index (χ1) is 9.51. The lowest BCUT2D eigenvalue weighted by Gasteiger charge is -2.22. The molecule has 1 aliphatic rings. The van der Waals surface area contributed by atoms with E-state index in [1.165, 1.54) is 5.56 Å². The van der Waals surface area contributed by atoms with Crippen molar-refractivity contribution in [1.29, 1.82) is 0 Å². The summed E-state index contributed by atoms with van der Waals surface area (Å²) in [5.74, 6) is 1.63. The van der Waals surface area contributed by atoms with E-state index in [2.05, 4.69) is 18.0 Å². The minimum Gasteiger partial charge on any atom is -0.360 e. The molecule has 0 atom stereocenters. The summed E-state index contributed by atoms with van der Waals surface area (Å²) in [7, 11) is 0. The highest BCUT2D eigenvalue weighted by Gasteiger charge is 2.32. The summed E-state index contributed by atoms with van der Waals surface area (Å²) in [6.07, 6.45) is 1.55. The maximum absolute atomic E-state index is 11.7. The second kappa shape index (κ2) is 5.13. The number of rotatable bonds is 3. The molecule has 1 fully saturated rings. The molecule has 1 aromatic carbocycles. The first-order valence-electron chi connectivity index (χ1n) is 6.15. The fourth-order valence-corrected chi connectivity index (χ4v) is 5.35. The van der Waals surface area contributed by atoms with Crippen molar-refractivity contribution in [2.75, 3.05) is 11.5 Å². The van der Waals surface area contributed by atoms with E-state index in [1.54, 1.807) is 6.20 Å². The van der Waals surface area contributed by atoms with Crippen molar-refractivity contribution in [3.05, 3.63) is 35.5 Å². The summed E-state index contributed by atoms with van der Waals surface area (Å²) >= 11 is 9.13. The van der Waals surface area contributed by atoms with Crippen LogP contribution in [-0.2, 0) is 8.87 Å². The smallest absolute Gasteiger partial charge is 0.293 e. The normalized spacial score (nSPS) is 17.5. The Kier molecular flexibility index (Phi) is 3.60. The lowest BCUT2D eigenvalue weighted by Crippen LogP contribution is -2.08. The van der Waals surface area contributed by atoms with Gasteiger partial charge in [-0.25, -0.2) is 0 Å².